The number of rotatable bonds is 5. The summed E-state index contributed by atoms with van der Waals surface area (Å²) in [6.45, 7) is 2.23. The van der Waals surface area contributed by atoms with E-state index < -0.39 is 5.97 Å². The Morgan fingerprint density at radius 2 is 1.88 bits per heavy atom. The number of aromatic nitrogens is 2. The Balaban J connectivity index is 1.50. The summed E-state index contributed by atoms with van der Waals surface area (Å²) in [7, 11) is 0. The second kappa shape index (κ2) is 8.69. The van der Waals surface area contributed by atoms with Crippen LogP contribution in [-0.2, 0) is 0 Å². The first kappa shape index (κ1) is 21.2. The molecule has 2 heterocycles. The minimum atomic E-state index is -0.516. The number of ether oxygens (including phenoxy) is 2. The fourth-order valence-electron chi connectivity index (χ4n) is 3.48. The largest absolute Gasteiger partial charge is 0.490 e. The van der Waals surface area contributed by atoms with Crippen molar-refractivity contribution in [3.8, 4) is 11.5 Å². The fourth-order valence-corrected chi connectivity index (χ4v) is 4.59. The van der Waals surface area contributed by atoms with Crippen molar-refractivity contribution in [1.82, 2.24) is 9.38 Å². The number of benzene rings is 3. The first-order valence-corrected chi connectivity index (χ1v) is 11.4. The highest BCUT2D eigenvalue weighted by atomic mass is 35.5. The van der Waals surface area contributed by atoms with E-state index in [1.54, 1.807) is 52.9 Å². The summed E-state index contributed by atoms with van der Waals surface area (Å²) in [4.78, 5) is 30.7. The Bertz CT molecular complexity index is 1610. The van der Waals surface area contributed by atoms with Gasteiger partial charge >= 0.3 is 5.97 Å². The SMILES string of the molecule is CCOc1cc(C=c2sc3nc4ccccc4n3c2=O)ccc1OC(=O)c1ccc(Cl)cc1. The van der Waals surface area contributed by atoms with Crippen LogP contribution in [-0.4, -0.2) is 22.0 Å². The van der Waals surface area contributed by atoms with Gasteiger partial charge in [0, 0.05) is 5.02 Å². The van der Waals surface area contributed by atoms with Crippen molar-refractivity contribution >= 4 is 51.0 Å². The van der Waals surface area contributed by atoms with E-state index in [4.69, 9.17) is 21.1 Å². The lowest BCUT2D eigenvalue weighted by atomic mass is 10.2. The molecule has 5 rings (SSSR count). The molecule has 0 unspecified atom stereocenters. The molecule has 0 amide bonds. The van der Waals surface area contributed by atoms with Gasteiger partial charge in [0.2, 0.25) is 0 Å². The normalized spacial score (nSPS) is 11.9. The van der Waals surface area contributed by atoms with Crippen molar-refractivity contribution in [1.29, 1.82) is 0 Å². The summed E-state index contributed by atoms with van der Waals surface area (Å²) < 4.78 is 13.4. The predicted octanol–water partition coefficient (Wildman–Crippen LogP) is 4.73. The number of esters is 1. The molecule has 3 aromatic carbocycles. The number of fused-ring (bicyclic) bond motifs is 3. The van der Waals surface area contributed by atoms with Crippen LogP contribution in [0.5, 0.6) is 11.5 Å². The van der Waals surface area contributed by atoms with Gasteiger partial charge in [-0.05, 0) is 67.1 Å². The van der Waals surface area contributed by atoms with E-state index in [1.807, 2.05) is 31.2 Å². The van der Waals surface area contributed by atoms with Gasteiger partial charge in [-0.3, -0.25) is 4.79 Å². The Kier molecular flexibility index (Phi) is 5.58. The zero-order valence-corrected chi connectivity index (χ0v) is 19.0. The molecule has 6 nitrogen and oxygen atoms in total. The highest BCUT2D eigenvalue weighted by molar-refractivity contribution is 7.15. The first-order chi connectivity index (χ1) is 16.0. The maximum Gasteiger partial charge on any atom is 0.343 e. The summed E-state index contributed by atoms with van der Waals surface area (Å²) in [6.07, 6.45) is 1.78. The van der Waals surface area contributed by atoms with Crippen molar-refractivity contribution in [2.75, 3.05) is 6.61 Å². The number of carbonyl (C=O) groups excluding carboxylic acids is 1. The molecule has 0 N–H and O–H groups in total. The van der Waals surface area contributed by atoms with E-state index in [1.165, 1.54) is 11.3 Å². The Hall–Kier alpha value is -3.68. The van der Waals surface area contributed by atoms with Gasteiger partial charge in [0.15, 0.2) is 16.5 Å². The van der Waals surface area contributed by atoms with Crippen molar-refractivity contribution < 1.29 is 14.3 Å². The Morgan fingerprint density at radius 1 is 1.09 bits per heavy atom. The topological polar surface area (TPSA) is 69.9 Å². The lowest BCUT2D eigenvalue weighted by Crippen LogP contribution is -2.22. The molecule has 0 saturated heterocycles. The maximum absolute atomic E-state index is 13.0. The van der Waals surface area contributed by atoms with Gasteiger partial charge in [0.1, 0.15) is 0 Å². The molecule has 0 saturated carbocycles. The third-order valence-electron chi connectivity index (χ3n) is 4.99. The van der Waals surface area contributed by atoms with Crippen LogP contribution in [0.3, 0.4) is 0 Å². The third-order valence-corrected chi connectivity index (χ3v) is 6.21. The highest BCUT2D eigenvalue weighted by Crippen LogP contribution is 2.30. The molecule has 0 fully saturated rings. The maximum atomic E-state index is 13.0. The summed E-state index contributed by atoms with van der Waals surface area (Å²) in [5.74, 6) is 0.189. The lowest BCUT2D eigenvalue weighted by molar-refractivity contribution is 0.0728. The zero-order chi connectivity index (χ0) is 22.9. The molecule has 0 spiro atoms. The van der Waals surface area contributed by atoms with Crippen molar-refractivity contribution in [2.45, 2.75) is 6.92 Å². The minimum Gasteiger partial charge on any atom is -0.490 e. The van der Waals surface area contributed by atoms with Gasteiger partial charge in [-0.2, -0.15) is 0 Å². The quantitative estimate of drug-likeness (QED) is 0.271. The third kappa shape index (κ3) is 4.08. The average Bonchev–Trinajstić information content (AvgIpc) is 3.32. The van der Waals surface area contributed by atoms with E-state index >= 15 is 0 Å². The van der Waals surface area contributed by atoms with Crippen LogP contribution in [0.4, 0.5) is 0 Å². The molecular formula is C25H17ClN2O4S. The standard InChI is InChI=1S/C25H17ClN2O4S/c1-2-31-21-13-15(7-12-20(21)32-24(30)16-8-10-17(26)11-9-16)14-22-23(29)28-19-6-4-3-5-18(19)27-25(28)33-22/h3-14H,2H2,1H3. The minimum absolute atomic E-state index is 0.125. The molecule has 8 heteroatoms. The first-order valence-electron chi connectivity index (χ1n) is 10.2. The van der Waals surface area contributed by atoms with Crippen molar-refractivity contribution in [3.63, 3.8) is 0 Å². The second-order valence-electron chi connectivity index (χ2n) is 7.17. The van der Waals surface area contributed by atoms with Gasteiger partial charge in [0.25, 0.3) is 5.56 Å². The van der Waals surface area contributed by atoms with Gasteiger partial charge < -0.3 is 9.47 Å². The van der Waals surface area contributed by atoms with Crippen LogP contribution in [0.15, 0.2) is 71.5 Å². The number of nitrogens with zero attached hydrogens (tertiary/aromatic N) is 2. The Morgan fingerprint density at radius 3 is 2.67 bits per heavy atom. The van der Waals surface area contributed by atoms with Crippen LogP contribution >= 0.6 is 22.9 Å². The van der Waals surface area contributed by atoms with E-state index in [9.17, 15) is 9.59 Å². The summed E-state index contributed by atoms with van der Waals surface area (Å²) in [6, 6.07) is 19.2. The molecule has 0 bridgehead atoms. The molecule has 0 aliphatic carbocycles. The molecule has 0 radical (unpaired) electrons. The summed E-state index contributed by atoms with van der Waals surface area (Å²) in [5, 5.41) is 0.535. The van der Waals surface area contributed by atoms with E-state index in [0.717, 1.165) is 16.6 Å². The fraction of sp³-hybridized carbons (Fsp3) is 0.0800. The number of imidazole rings is 1. The van der Waals surface area contributed by atoms with Gasteiger partial charge in [-0.25, -0.2) is 14.2 Å². The zero-order valence-electron chi connectivity index (χ0n) is 17.4. The predicted molar refractivity (Wildman–Crippen MR) is 130 cm³/mol. The second-order valence-corrected chi connectivity index (χ2v) is 8.62. The number of para-hydroxylation sites is 2. The van der Waals surface area contributed by atoms with Crippen LogP contribution < -0.4 is 19.6 Å². The molecule has 0 atom stereocenters. The van der Waals surface area contributed by atoms with Crippen LogP contribution in [0.1, 0.15) is 22.8 Å². The molecule has 33 heavy (non-hydrogen) atoms. The summed E-state index contributed by atoms with van der Waals surface area (Å²) >= 11 is 7.21. The molecule has 2 aromatic heterocycles. The van der Waals surface area contributed by atoms with Crippen molar-refractivity contribution in [3.05, 3.63) is 97.8 Å². The van der Waals surface area contributed by atoms with Gasteiger partial charge in [-0.15, -0.1) is 0 Å². The number of thiazole rings is 1. The lowest BCUT2D eigenvalue weighted by Gasteiger charge is -2.11. The average molecular weight is 477 g/mol. The highest BCUT2D eigenvalue weighted by Gasteiger charge is 2.14. The van der Waals surface area contributed by atoms with Crippen LogP contribution in [0.25, 0.3) is 22.1 Å². The number of carbonyl (C=O) groups is 1. The molecule has 0 aliphatic heterocycles. The number of hydrogen-bond acceptors (Lipinski definition) is 6. The van der Waals surface area contributed by atoms with Crippen LogP contribution in [0, 0.1) is 0 Å². The number of hydrogen-bond donors (Lipinski definition) is 0. The Labute approximate surface area is 197 Å². The molecular weight excluding hydrogens is 460 g/mol. The van der Waals surface area contributed by atoms with E-state index in [-0.39, 0.29) is 5.56 Å². The van der Waals surface area contributed by atoms with E-state index in [2.05, 4.69) is 4.98 Å². The van der Waals surface area contributed by atoms with Crippen molar-refractivity contribution in [2.24, 2.45) is 0 Å². The molecule has 0 aliphatic rings. The molecule has 5 aromatic rings. The van der Waals surface area contributed by atoms with E-state index in [0.29, 0.717) is 38.2 Å². The number of halogens is 1. The van der Waals surface area contributed by atoms with Gasteiger partial charge in [-0.1, -0.05) is 41.1 Å². The summed E-state index contributed by atoms with van der Waals surface area (Å²) in [5.41, 5.74) is 2.57. The smallest absolute Gasteiger partial charge is 0.343 e. The van der Waals surface area contributed by atoms with Crippen LogP contribution in [0.2, 0.25) is 5.02 Å². The molecule has 164 valence electrons. The monoisotopic (exact) mass is 476 g/mol. The van der Waals surface area contributed by atoms with Gasteiger partial charge in [0.05, 0.1) is 27.7 Å².